The Morgan fingerprint density at radius 2 is 1.50 bits per heavy atom. The summed E-state index contributed by atoms with van der Waals surface area (Å²) in [7, 11) is 0. The highest BCUT2D eigenvalue weighted by atomic mass is 19.1. The summed E-state index contributed by atoms with van der Waals surface area (Å²) < 4.78 is 13.6. The smallest absolute Gasteiger partial charge is 0.255 e. The molecule has 0 radical (unpaired) electrons. The highest BCUT2D eigenvalue weighted by Crippen LogP contribution is 2.14. The molecule has 3 aromatic rings. The van der Waals surface area contributed by atoms with E-state index in [0.29, 0.717) is 17.7 Å². The quantitative estimate of drug-likeness (QED) is 0.742. The molecule has 2 N–H and O–H groups in total. The van der Waals surface area contributed by atoms with Crippen LogP contribution in [-0.2, 0) is 6.54 Å². The largest absolute Gasteiger partial charge is 0.346 e. The molecule has 0 atom stereocenters. The fraction of sp³-hybridized carbons (Fsp3) is 0.0500. The van der Waals surface area contributed by atoms with Crippen LogP contribution in [-0.4, -0.2) is 16.8 Å². The van der Waals surface area contributed by atoms with Crippen molar-refractivity contribution in [2.45, 2.75) is 6.54 Å². The first-order chi connectivity index (χ1) is 12.6. The minimum atomic E-state index is -0.508. The Morgan fingerprint density at radius 3 is 2.15 bits per heavy atom. The Balaban J connectivity index is 1.61. The van der Waals surface area contributed by atoms with Crippen LogP contribution in [0.15, 0.2) is 72.9 Å². The maximum atomic E-state index is 13.6. The second kappa shape index (κ2) is 8.02. The van der Waals surface area contributed by atoms with Crippen LogP contribution < -0.4 is 10.6 Å². The molecule has 0 bridgehead atoms. The van der Waals surface area contributed by atoms with Gasteiger partial charge in [0.15, 0.2) is 0 Å². The fourth-order valence-electron chi connectivity index (χ4n) is 2.31. The lowest BCUT2D eigenvalue weighted by atomic mass is 10.1. The van der Waals surface area contributed by atoms with Crippen molar-refractivity contribution in [2.24, 2.45) is 0 Å². The first-order valence-corrected chi connectivity index (χ1v) is 7.97. The van der Waals surface area contributed by atoms with Gasteiger partial charge in [-0.1, -0.05) is 18.2 Å². The second-order valence-corrected chi connectivity index (χ2v) is 5.52. The normalized spacial score (nSPS) is 10.2. The van der Waals surface area contributed by atoms with Crippen molar-refractivity contribution in [1.82, 2.24) is 10.3 Å². The van der Waals surface area contributed by atoms with Gasteiger partial charge in [-0.05, 0) is 48.5 Å². The maximum absolute atomic E-state index is 13.6. The molecule has 6 heteroatoms. The van der Waals surface area contributed by atoms with E-state index in [-0.39, 0.29) is 11.6 Å². The Kier molecular flexibility index (Phi) is 5.34. The predicted octanol–water partition coefficient (Wildman–Crippen LogP) is 3.40. The fourth-order valence-corrected chi connectivity index (χ4v) is 2.31. The van der Waals surface area contributed by atoms with Gasteiger partial charge in [-0.3, -0.25) is 14.6 Å². The number of pyridine rings is 1. The topological polar surface area (TPSA) is 71.1 Å². The van der Waals surface area contributed by atoms with Crippen molar-refractivity contribution in [2.75, 3.05) is 5.32 Å². The maximum Gasteiger partial charge on any atom is 0.255 e. The lowest BCUT2D eigenvalue weighted by Crippen LogP contribution is -2.23. The third-order valence-corrected chi connectivity index (χ3v) is 3.69. The van der Waals surface area contributed by atoms with Crippen molar-refractivity contribution in [3.05, 3.63) is 95.6 Å². The Hall–Kier alpha value is -3.54. The van der Waals surface area contributed by atoms with Gasteiger partial charge in [0.1, 0.15) is 5.82 Å². The molecular formula is C20H16FN3O2. The summed E-state index contributed by atoms with van der Waals surface area (Å²) in [5.41, 5.74) is 1.61. The molecule has 130 valence electrons. The molecule has 5 nitrogen and oxygen atoms in total. The van der Waals surface area contributed by atoms with Gasteiger partial charge in [-0.2, -0.15) is 0 Å². The number of carbonyl (C=O) groups excluding carboxylic acids is 2. The number of rotatable bonds is 5. The number of anilines is 1. The van der Waals surface area contributed by atoms with Crippen LogP contribution >= 0.6 is 0 Å². The number of hydrogen-bond donors (Lipinski definition) is 2. The number of amides is 2. The van der Waals surface area contributed by atoms with E-state index < -0.39 is 11.7 Å². The summed E-state index contributed by atoms with van der Waals surface area (Å²) in [6, 6.07) is 17.5. The Bertz CT molecular complexity index is 912. The summed E-state index contributed by atoms with van der Waals surface area (Å²) in [5.74, 6) is -1.22. The van der Waals surface area contributed by atoms with Crippen molar-refractivity contribution in [1.29, 1.82) is 0 Å². The molecule has 0 aliphatic rings. The number of para-hydroxylation sites is 1. The summed E-state index contributed by atoms with van der Waals surface area (Å²) in [5, 5.41) is 5.26. The number of halogens is 1. The minimum absolute atomic E-state index is 0.106. The molecule has 1 heterocycles. The van der Waals surface area contributed by atoms with E-state index in [0.717, 1.165) is 5.69 Å². The van der Waals surface area contributed by atoms with Gasteiger partial charge in [-0.25, -0.2) is 4.39 Å². The minimum Gasteiger partial charge on any atom is -0.346 e. The summed E-state index contributed by atoms with van der Waals surface area (Å²) >= 11 is 0. The van der Waals surface area contributed by atoms with Crippen LogP contribution in [0.4, 0.5) is 10.1 Å². The van der Waals surface area contributed by atoms with Gasteiger partial charge >= 0.3 is 0 Å². The highest BCUT2D eigenvalue weighted by Gasteiger charge is 2.11. The number of hydrogen-bond acceptors (Lipinski definition) is 3. The van der Waals surface area contributed by atoms with Gasteiger partial charge in [0.05, 0.1) is 17.9 Å². The van der Waals surface area contributed by atoms with E-state index in [1.54, 1.807) is 36.5 Å². The van der Waals surface area contributed by atoms with Crippen LogP contribution in [0.25, 0.3) is 0 Å². The van der Waals surface area contributed by atoms with E-state index in [1.165, 1.54) is 24.3 Å². The molecule has 0 fully saturated rings. The van der Waals surface area contributed by atoms with Crippen LogP contribution in [0.2, 0.25) is 0 Å². The first-order valence-electron chi connectivity index (χ1n) is 7.97. The number of carbonyl (C=O) groups is 2. The average Bonchev–Trinajstić information content (AvgIpc) is 2.69. The van der Waals surface area contributed by atoms with E-state index in [2.05, 4.69) is 15.6 Å². The van der Waals surface area contributed by atoms with E-state index >= 15 is 0 Å². The molecule has 2 amide bonds. The van der Waals surface area contributed by atoms with Gasteiger partial charge in [0, 0.05) is 17.3 Å². The summed E-state index contributed by atoms with van der Waals surface area (Å²) in [4.78, 5) is 28.4. The van der Waals surface area contributed by atoms with Crippen molar-refractivity contribution >= 4 is 17.5 Å². The molecule has 0 unspecified atom stereocenters. The zero-order chi connectivity index (χ0) is 18.4. The molecule has 1 aromatic heterocycles. The van der Waals surface area contributed by atoms with Crippen molar-refractivity contribution in [3.63, 3.8) is 0 Å². The Labute approximate surface area is 149 Å². The Morgan fingerprint density at radius 1 is 0.846 bits per heavy atom. The third kappa shape index (κ3) is 4.30. The molecule has 0 saturated heterocycles. The van der Waals surface area contributed by atoms with Crippen LogP contribution in [0.5, 0.6) is 0 Å². The molecule has 2 aromatic carbocycles. The average molecular weight is 349 g/mol. The van der Waals surface area contributed by atoms with Crippen LogP contribution in [0, 0.1) is 5.82 Å². The van der Waals surface area contributed by atoms with Crippen molar-refractivity contribution in [3.8, 4) is 0 Å². The molecular weight excluding hydrogens is 333 g/mol. The summed E-state index contributed by atoms with van der Waals surface area (Å²) in [6.07, 6.45) is 1.66. The standard InChI is InChI=1S/C20H16FN3O2/c21-17-6-1-2-7-18(17)24-20(26)15-10-8-14(9-11-15)19(25)23-13-16-5-3-4-12-22-16/h1-12H,13H2,(H,23,25)(H,24,26). The zero-order valence-electron chi connectivity index (χ0n) is 13.8. The van der Waals surface area contributed by atoms with Crippen molar-refractivity contribution < 1.29 is 14.0 Å². The van der Waals surface area contributed by atoms with Gasteiger partial charge in [-0.15, -0.1) is 0 Å². The lowest BCUT2D eigenvalue weighted by molar-refractivity contribution is 0.0948. The number of nitrogens with zero attached hydrogens (tertiary/aromatic N) is 1. The van der Waals surface area contributed by atoms with Gasteiger partial charge < -0.3 is 10.6 Å². The predicted molar refractivity (Wildman–Crippen MR) is 96.2 cm³/mol. The number of benzene rings is 2. The van der Waals surface area contributed by atoms with E-state index in [9.17, 15) is 14.0 Å². The van der Waals surface area contributed by atoms with E-state index in [4.69, 9.17) is 0 Å². The monoisotopic (exact) mass is 349 g/mol. The molecule has 0 spiro atoms. The molecule has 3 rings (SSSR count). The lowest BCUT2D eigenvalue weighted by Gasteiger charge is -2.08. The van der Waals surface area contributed by atoms with Crippen LogP contribution in [0.1, 0.15) is 26.4 Å². The first kappa shape index (κ1) is 17.3. The number of nitrogens with one attached hydrogen (secondary N) is 2. The van der Waals surface area contributed by atoms with Gasteiger partial charge in [0.25, 0.3) is 11.8 Å². The summed E-state index contributed by atoms with van der Waals surface area (Å²) in [6.45, 7) is 0.315. The molecule has 26 heavy (non-hydrogen) atoms. The molecule has 0 saturated carbocycles. The zero-order valence-corrected chi connectivity index (χ0v) is 13.8. The van der Waals surface area contributed by atoms with E-state index in [1.807, 2.05) is 12.1 Å². The number of aromatic nitrogens is 1. The molecule has 0 aliphatic carbocycles. The second-order valence-electron chi connectivity index (χ2n) is 5.52. The SMILES string of the molecule is O=C(NCc1ccccn1)c1ccc(C(=O)Nc2ccccc2F)cc1. The van der Waals surface area contributed by atoms with Crippen LogP contribution in [0.3, 0.4) is 0 Å². The third-order valence-electron chi connectivity index (χ3n) is 3.69. The molecule has 0 aliphatic heterocycles. The van der Waals surface area contributed by atoms with Gasteiger partial charge in [0.2, 0.25) is 0 Å². The highest BCUT2D eigenvalue weighted by molar-refractivity contribution is 6.05.